The SMILES string of the molecule is Cc1ccc2[nH]c(C)c(C)c2c1[N+](=O)[O-]. The smallest absolute Gasteiger partial charge is 0.281 e. The van der Waals surface area contributed by atoms with Gasteiger partial charge >= 0.3 is 0 Å². The van der Waals surface area contributed by atoms with Gasteiger partial charge in [0.2, 0.25) is 0 Å². The van der Waals surface area contributed by atoms with Gasteiger partial charge in [0.05, 0.1) is 15.8 Å². The highest BCUT2D eigenvalue weighted by Crippen LogP contribution is 2.32. The van der Waals surface area contributed by atoms with Gasteiger partial charge in [-0.2, -0.15) is 0 Å². The highest BCUT2D eigenvalue weighted by atomic mass is 16.6. The van der Waals surface area contributed by atoms with Gasteiger partial charge in [-0.25, -0.2) is 0 Å². The molecule has 1 aromatic heterocycles. The van der Waals surface area contributed by atoms with E-state index in [4.69, 9.17) is 0 Å². The van der Waals surface area contributed by atoms with Gasteiger partial charge in [0.15, 0.2) is 0 Å². The highest BCUT2D eigenvalue weighted by Gasteiger charge is 2.19. The van der Waals surface area contributed by atoms with Crippen molar-refractivity contribution in [1.29, 1.82) is 0 Å². The number of H-pyrrole nitrogens is 1. The van der Waals surface area contributed by atoms with E-state index in [1.54, 1.807) is 13.0 Å². The van der Waals surface area contributed by atoms with Gasteiger partial charge in [-0.05, 0) is 32.4 Å². The second-order valence-electron chi connectivity index (χ2n) is 3.79. The Morgan fingerprint density at radius 2 is 1.93 bits per heavy atom. The maximum Gasteiger partial charge on any atom is 0.281 e. The minimum Gasteiger partial charge on any atom is -0.358 e. The highest BCUT2D eigenvalue weighted by molar-refractivity contribution is 5.94. The first-order chi connectivity index (χ1) is 7.02. The van der Waals surface area contributed by atoms with Crippen LogP contribution in [0.4, 0.5) is 5.69 Å². The molecular weight excluding hydrogens is 192 g/mol. The first kappa shape index (κ1) is 9.71. The Kier molecular flexibility index (Phi) is 2.00. The van der Waals surface area contributed by atoms with Gasteiger partial charge < -0.3 is 4.98 Å². The lowest BCUT2D eigenvalue weighted by Gasteiger charge is -1.99. The lowest BCUT2D eigenvalue weighted by molar-refractivity contribution is -0.383. The predicted molar refractivity (Wildman–Crippen MR) is 59.2 cm³/mol. The van der Waals surface area contributed by atoms with Crippen LogP contribution in [0.5, 0.6) is 0 Å². The minimum atomic E-state index is -0.308. The molecule has 0 fully saturated rings. The van der Waals surface area contributed by atoms with Crippen molar-refractivity contribution in [2.24, 2.45) is 0 Å². The van der Waals surface area contributed by atoms with E-state index in [0.29, 0.717) is 5.56 Å². The number of fused-ring (bicyclic) bond motifs is 1. The first-order valence-corrected chi connectivity index (χ1v) is 4.75. The Hall–Kier alpha value is -1.84. The summed E-state index contributed by atoms with van der Waals surface area (Å²) >= 11 is 0. The number of nitro groups is 1. The molecular formula is C11H12N2O2. The summed E-state index contributed by atoms with van der Waals surface area (Å²) in [5, 5.41) is 11.7. The number of aromatic nitrogens is 1. The molecule has 0 spiro atoms. The van der Waals surface area contributed by atoms with Crippen LogP contribution in [-0.2, 0) is 0 Å². The molecule has 15 heavy (non-hydrogen) atoms. The van der Waals surface area contributed by atoms with Crippen molar-refractivity contribution in [2.45, 2.75) is 20.8 Å². The van der Waals surface area contributed by atoms with Crippen LogP contribution < -0.4 is 0 Å². The molecule has 4 heteroatoms. The second-order valence-corrected chi connectivity index (χ2v) is 3.79. The molecule has 0 saturated heterocycles. The van der Waals surface area contributed by atoms with Crippen molar-refractivity contribution in [2.75, 3.05) is 0 Å². The molecule has 0 unspecified atom stereocenters. The van der Waals surface area contributed by atoms with E-state index in [9.17, 15) is 10.1 Å². The summed E-state index contributed by atoms with van der Waals surface area (Å²) in [5.41, 5.74) is 3.70. The number of hydrogen-bond acceptors (Lipinski definition) is 2. The normalized spacial score (nSPS) is 10.9. The zero-order chi connectivity index (χ0) is 11.2. The van der Waals surface area contributed by atoms with E-state index in [1.807, 2.05) is 19.9 Å². The largest absolute Gasteiger partial charge is 0.358 e. The summed E-state index contributed by atoms with van der Waals surface area (Å²) in [4.78, 5) is 13.8. The quantitative estimate of drug-likeness (QED) is 0.573. The van der Waals surface area contributed by atoms with Crippen molar-refractivity contribution in [1.82, 2.24) is 4.98 Å². The lowest BCUT2D eigenvalue weighted by atomic mass is 10.1. The van der Waals surface area contributed by atoms with E-state index in [-0.39, 0.29) is 10.6 Å². The summed E-state index contributed by atoms with van der Waals surface area (Å²) < 4.78 is 0. The van der Waals surface area contributed by atoms with Crippen LogP contribution in [0.1, 0.15) is 16.8 Å². The molecule has 0 aliphatic carbocycles. The van der Waals surface area contributed by atoms with Crippen LogP contribution >= 0.6 is 0 Å². The molecule has 0 atom stereocenters. The third kappa shape index (κ3) is 1.29. The standard InChI is InChI=1S/C11H12N2O2/c1-6-4-5-9-10(11(6)13(14)15)7(2)8(3)12-9/h4-5,12H,1-3H3. The summed E-state index contributed by atoms with van der Waals surface area (Å²) in [6.45, 7) is 5.59. The molecule has 0 aliphatic heterocycles. The Morgan fingerprint density at radius 3 is 2.53 bits per heavy atom. The summed E-state index contributed by atoms with van der Waals surface area (Å²) in [7, 11) is 0. The Bertz CT molecular complexity index is 555. The van der Waals surface area contributed by atoms with Crippen LogP contribution in [0.15, 0.2) is 12.1 Å². The van der Waals surface area contributed by atoms with Crippen LogP contribution in [0, 0.1) is 30.9 Å². The summed E-state index contributed by atoms with van der Waals surface area (Å²) in [6, 6.07) is 3.66. The third-order valence-electron chi connectivity index (χ3n) is 2.82. The molecule has 0 radical (unpaired) electrons. The zero-order valence-corrected chi connectivity index (χ0v) is 8.92. The third-order valence-corrected chi connectivity index (χ3v) is 2.82. The molecule has 1 N–H and O–H groups in total. The fourth-order valence-corrected chi connectivity index (χ4v) is 1.90. The number of nitro benzene ring substituents is 1. The number of benzene rings is 1. The monoisotopic (exact) mass is 204 g/mol. The van der Waals surface area contributed by atoms with Gasteiger partial charge in [-0.15, -0.1) is 0 Å². The molecule has 0 bridgehead atoms. The van der Waals surface area contributed by atoms with Crippen LogP contribution in [0.25, 0.3) is 10.9 Å². The molecule has 78 valence electrons. The Labute approximate surface area is 87.1 Å². The number of rotatable bonds is 1. The van der Waals surface area contributed by atoms with Gasteiger partial charge in [-0.1, -0.05) is 6.07 Å². The van der Waals surface area contributed by atoms with Gasteiger partial charge in [0.1, 0.15) is 0 Å². The van der Waals surface area contributed by atoms with E-state index in [2.05, 4.69) is 4.98 Å². The van der Waals surface area contributed by atoms with Crippen molar-refractivity contribution >= 4 is 16.6 Å². The minimum absolute atomic E-state index is 0.217. The van der Waals surface area contributed by atoms with Crippen LogP contribution in [0.2, 0.25) is 0 Å². The van der Waals surface area contributed by atoms with Crippen molar-refractivity contribution in [3.8, 4) is 0 Å². The molecule has 1 aromatic carbocycles. The maximum atomic E-state index is 11.0. The van der Waals surface area contributed by atoms with Crippen LogP contribution in [-0.4, -0.2) is 9.91 Å². The molecule has 2 aromatic rings. The number of aromatic amines is 1. The van der Waals surface area contributed by atoms with Gasteiger partial charge in [0.25, 0.3) is 5.69 Å². The zero-order valence-electron chi connectivity index (χ0n) is 8.92. The van der Waals surface area contributed by atoms with E-state index < -0.39 is 0 Å². The van der Waals surface area contributed by atoms with E-state index in [1.165, 1.54) is 0 Å². The van der Waals surface area contributed by atoms with Crippen molar-refractivity contribution in [3.05, 3.63) is 39.1 Å². The molecule has 2 rings (SSSR count). The second kappa shape index (κ2) is 3.08. The summed E-state index contributed by atoms with van der Waals surface area (Å²) in [6.07, 6.45) is 0. The number of aryl methyl sites for hydroxylation is 3. The molecule has 0 aliphatic rings. The van der Waals surface area contributed by atoms with Crippen molar-refractivity contribution < 1.29 is 4.92 Å². The number of hydrogen-bond donors (Lipinski definition) is 1. The van der Waals surface area contributed by atoms with E-state index in [0.717, 1.165) is 22.2 Å². The van der Waals surface area contributed by atoms with Gasteiger partial charge in [-0.3, -0.25) is 10.1 Å². The summed E-state index contributed by atoms with van der Waals surface area (Å²) in [5.74, 6) is 0. The Morgan fingerprint density at radius 1 is 1.27 bits per heavy atom. The lowest BCUT2D eigenvalue weighted by Crippen LogP contribution is -1.92. The first-order valence-electron chi connectivity index (χ1n) is 4.75. The van der Waals surface area contributed by atoms with Crippen LogP contribution in [0.3, 0.4) is 0 Å². The Balaban J connectivity index is 2.97. The molecule has 1 heterocycles. The fraction of sp³-hybridized carbons (Fsp3) is 0.273. The topological polar surface area (TPSA) is 58.9 Å². The average Bonchev–Trinajstić information content (AvgIpc) is 2.44. The molecule has 0 amide bonds. The molecule has 0 saturated carbocycles. The van der Waals surface area contributed by atoms with E-state index >= 15 is 0 Å². The van der Waals surface area contributed by atoms with Crippen molar-refractivity contribution in [3.63, 3.8) is 0 Å². The fourth-order valence-electron chi connectivity index (χ4n) is 1.90. The number of nitrogens with zero attached hydrogens (tertiary/aromatic N) is 1. The van der Waals surface area contributed by atoms with Gasteiger partial charge in [0, 0.05) is 11.3 Å². The average molecular weight is 204 g/mol. The maximum absolute atomic E-state index is 11.0. The number of nitrogens with one attached hydrogen (secondary N) is 1. The predicted octanol–water partition coefficient (Wildman–Crippen LogP) is 3.00. The molecule has 4 nitrogen and oxygen atoms in total.